The molecule has 208 valence electrons. The minimum absolute atomic E-state index is 0.219. The number of anilines is 1. The van der Waals surface area contributed by atoms with Gasteiger partial charge in [0.05, 0.1) is 18.7 Å². The second-order valence-electron chi connectivity index (χ2n) is 10.2. The summed E-state index contributed by atoms with van der Waals surface area (Å²) in [7, 11) is 0. The molecule has 2 aliphatic rings. The van der Waals surface area contributed by atoms with Crippen LogP contribution in [0.3, 0.4) is 0 Å². The minimum atomic E-state index is -4.33. The normalized spacial score (nSPS) is 19.5. The van der Waals surface area contributed by atoms with Crippen LogP contribution in [0.15, 0.2) is 54.7 Å². The summed E-state index contributed by atoms with van der Waals surface area (Å²) in [6.45, 7) is 5.20. The van der Waals surface area contributed by atoms with Crippen LogP contribution in [0, 0.1) is 16.0 Å². The molecular formula is C27H29F3N4O5. The standard InChI is InChI=1S/C27H29F3N4O5/c1-26(17-33-14-24(34(35)36)31-25(33)39-26)18-38-23-8-6-22(7-9-23)32-12-10-20(11-13-32)16-37-15-19-2-4-21(5-3-19)27(28,29)30/h2-9,14,20H,10-13,15-18H2,1H3/t26-/m1/s1. The van der Waals surface area contributed by atoms with Crippen LogP contribution in [-0.2, 0) is 24.1 Å². The topological polar surface area (TPSA) is 91.9 Å². The summed E-state index contributed by atoms with van der Waals surface area (Å²) in [4.78, 5) is 16.5. The number of benzene rings is 2. The quantitative estimate of drug-likeness (QED) is 0.260. The van der Waals surface area contributed by atoms with Gasteiger partial charge in [-0.2, -0.15) is 13.2 Å². The molecule has 0 spiro atoms. The number of hydrogen-bond acceptors (Lipinski definition) is 7. The zero-order valence-corrected chi connectivity index (χ0v) is 21.4. The van der Waals surface area contributed by atoms with E-state index in [4.69, 9.17) is 14.2 Å². The fourth-order valence-electron chi connectivity index (χ4n) is 4.84. The molecule has 3 heterocycles. The van der Waals surface area contributed by atoms with Crippen molar-refractivity contribution in [3.05, 3.63) is 76.0 Å². The number of imidazole rings is 1. The summed E-state index contributed by atoms with van der Waals surface area (Å²) in [6.07, 6.45) is -1.03. The molecule has 5 rings (SSSR count). The second-order valence-corrected chi connectivity index (χ2v) is 10.2. The Hall–Kier alpha value is -3.80. The summed E-state index contributed by atoms with van der Waals surface area (Å²) in [5, 5.41) is 10.9. The highest BCUT2D eigenvalue weighted by Crippen LogP contribution is 2.32. The third-order valence-corrected chi connectivity index (χ3v) is 7.02. The number of alkyl halides is 3. The second kappa shape index (κ2) is 10.8. The lowest BCUT2D eigenvalue weighted by Crippen LogP contribution is -2.38. The molecule has 0 radical (unpaired) electrons. The Morgan fingerprint density at radius 3 is 2.44 bits per heavy atom. The van der Waals surface area contributed by atoms with E-state index in [0.717, 1.165) is 49.3 Å². The van der Waals surface area contributed by atoms with Crippen molar-refractivity contribution >= 4 is 11.5 Å². The largest absolute Gasteiger partial charge is 0.489 e. The number of hydrogen-bond donors (Lipinski definition) is 0. The monoisotopic (exact) mass is 546 g/mol. The maximum atomic E-state index is 12.7. The van der Waals surface area contributed by atoms with Gasteiger partial charge in [0.25, 0.3) is 0 Å². The Labute approximate surface area is 223 Å². The number of aromatic nitrogens is 2. The number of fused-ring (bicyclic) bond motifs is 1. The van der Waals surface area contributed by atoms with Crippen molar-refractivity contribution in [2.45, 2.75) is 44.7 Å². The molecule has 1 aromatic heterocycles. The lowest BCUT2D eigenvalue weighted by Gasteiger charge is -2.33. The Kier molecular flexibility index (Phi) is 7.39. The summed E-state index contributed by atoms with van der Waals surface area (Å²) < 4.78 is 57.2. The van der Waals surface area contributed by atoms with Gasteiger partial charge < -0.3 is 29.2 Å². The van der Waals surface area contributed by atoms with E-state index in [1.165, 1.54) is 18.3 Å². The molecule has 0 N–H and O–H groups in total. The van der Waals surface area contributed by atoms with Crippen molar-refractivity contribution in [2.75, 3.05) is 31.2 Å². The maximum absolute atomic E-state index is 12.7. The van der Waals surface area contributed by atoms with Crippen molar-refractivity contribution < 1.29 is 32.3 Å². The van der Waals surface area contributed by atoms with Gasteiger partial charge in [0.15, 0.2) is 5.60 Å². The highest BCUT2D eigenvalue weighted by molar-refractivity contribution is 5.49. The molecule has 2 aliphatic heterocycles. The average molecular weight is 547 g/mol. The van der Waals surface area contributed by atoms with Crippen LogP contribution in [0.2, 0.25) is 0 Å². The van der Waals surface area contributed by atoms with Crippen LogP contribution in [0.5, 0.6) is 11.8 Å². The van der Waals surface area contributed by atoms with E-state index >= 15 is 0 Å². The molecule has 9 nitrogen and oxygen atoms in total. The predicted octanol–water partition coefficient (Wildman–Crippen LogP) is 5.47. The minimum Gasteiger partial charge on any atom is -0.489 e. The maximum Gasteiger partial charge on any atom is 0.416 e. The van der Waals surface area contributed by atoms with Gasteiger partial charge in [-0.15, -0.1) is 0 Å². The predicted molar refractivity (Wildman–Crippen MR) is 136 cm³/mol. The average Bonchev–Trinajstić information content (AvgIpc) is 3.44. The first kappa shape index (κ1) is 26.8. The van der Waals surface area contributed by atoms with Gasteiger partial charge in [-0.3, -0.25) is 4.57 Å². The molecule has 0 unspecified atom stereocenters. The molecule has 1 saturated heterocycles. The van der Waals surface area contributed by atoms with Gasteiger partial charge >= 0.3 is 18.0 Å². The van der Waals surface area contributed by atoms with Crippen LogP contribution in [0.25, 0.3) is 0 Å². The molecule has 39 heavy (non-hydrogen) atoms. The van der Waals surface area contributed by atoms with Crippen molar-refractivity contribution in [1.29, 1.82) is 0 Å². The van der Waals surface area contributed by atoms with Gasteiger partial charge in [-0.05, 0) is 72.6 Å². The number of piperidine rings is 1. The molecule has 1 atom stereocenters. The highest BCUT2D eigenvalue weighted by Gasteiger charge is 2.41. The first-order chi connectivity index (χ1) is 18.6. The zero-order valence-electron chi connectivity index (χ0n) is 21.4. The van der Waals surface area contributed by atoms with E-state index in [-0.39, 0.29) is 18.4 Å². The smallest absolute Gasteiger partial charge is 0.416 e. The molecule has 3 aromatic rings. The van der Waals surface area contributed by atoms with E-state index in [0.29, 0.717) is 31.4 Å². The molecule has 0 saturated carbocycles. The van der Waals surface area contributed by atoms with Gasteiger partial charge in [0, 0.05) is 30.4 Å². The van der Waals surface area contributed by atoms with E-state index in [1.54, 1.807) is 4.57 Å². The first-order valence-corrected chi connectivity index (χ1v) is 12.7. The molecule has 0 aliphatic carbocycles. The van der Waals surface area contributed by atoms with Gasteiger partial charge in [-0.25, -0.2) is 0 Å². The fraction of sp³-hybridized carbons (Fsp3) is 0.444. The van der Waals surface area contributed by atoms with Crippen LogP contribution in [0.1, 0.15) is 30.9 Å². The van der Waals surface area contributed by atoms with Crippen LogP contribution < -0.4 is 14.4 Å². The molecule has 0 amide bonds. The summed E-state index contributed by atoms with van der Waals surface area (Å²) >= 11 is 0. The highest BCUT2D eigenvalue weighted by atomic mass is 19.4. The Balaban J connectivity index is 1.03. The summed E-state index contributed by atoms with van der Waals surface area (Å²) in [5.41, 5.74) is 0.499. The lowest BCUT2D eigenvalue weighted by molar-refractivity contribution is -0.389. The lowest BCUT2D eigenvalue weighted by atomic mass is 9.97. The Morgan fingerprint density at radius 1 is 1.13 bits per heavy atom. The van der Waals surface area contributed by atoms with Crippen molar-refractivity contribution in [1.82, 2.24) is 9.55 Å². The fourth-order valence-corrected chi connectivity index (χ4v) is 4.84. The first-order valence-electron chi connectivity index (χ1n) is 12.7. The molecule has 1 fully saturated rings. The van der Waals surface area contributed by atoms with Crippen molar-refractivity contribution in [2.24, 2.45) is 5.92 Å². The number of nitrogens with zero attached hydrogens (tertiary/aromatic N) is 4. The van der Waals surface area contributed by atoms with E-state index in [1.807, 2.05) is 31.2 Å². The van der Waals surface area contributed by atoms with Crippen molar-refractivity contribution in [3.63, 3.8) is 0 Å². The van der Waals surface area contributed by atoms with Gasteiger partial charge in [0.1, 0.15) is 18.6 Å². The Morgan fingerprint density at radius 2 is 1.82 bits per heavy atom. The van der Waals surface area contributed by atoms with E-state index in [9.17, 15) is 23.3 Å². The van der Waals surface area contributed by atoms with E-state index in [2.05, 4.69) is 9.88 Å². The molecule has 0 bridgehead atoms. The molecule has 2 aromatic carbocycles. The third-order valence-electron chi connectivity index (χ3n) is 7.02. The van der Waals surface area contributed by atoms with Gasteiger partial charge in [-0.1, -0.05) is 12.1 Å². The Bertz CT molecular complexity index is 1260. The number of rotatable bonds is 9. The summed E-state index contributed by atoms with van der Waals surface area (Å²) in [6, 6.07) is 13.2. The SMILES string of the molecule is C[C@]1(COc2ccc(N3CCC(COCc4ccc(C(F)(F)F)cc4)CC3)cc2)Cn2cc([N+](=O)[O-])nc2O1. The van der Waals surface area contributed by atoms with Crippen LogP contribution >= 0.6 is 0 Å². The molecule has 12 heteroatoms. The summed E-state index contributed by atoms with van der Waals surface area (Å²) in [5.74, 6) is 0.866. The number of nitro groups is 1. The zero-order chi connectivity index (χ0) is 27.6. The number of ether oxygens (including phenoxy) is 3. The van der Waals surface area contributed by atoms with E-state index < -0.39 is 22.3 Å². The third kappa shape index (κ3) is 6.44. The molecular weight excluding hydrogens is 517 g/mol. The van der Waals surface area contributed by atoms with Crippen LogP contribution in [0.4, 0.5) is 24.7 Å². The number of halogens is 3. The van der Waals surface area contributed by atoms with Gasteiger partial charge in [0.2, 0.25) is 0 Å². The van der Waals surface area contributed by atoms with Crippen molar-refractivity contribution in [3.8, 4) is 11.8 Å². The van der Waals surface area contributed by atoms with Crippen LogP contribution in [-0.4, -0.2) is 46.4 Å².